The Morgan fingerprint density at radius 1 is 0.848 bits per heavy atom. The Balaban J connectivity index is 1.06. The van der Waals surface area contributed by atoms with Crippen LogP contribution in [-0.4, -0.2) is 41.9 Å². The summed E-state index contributed by atoms with van der Waals surface area (Å²) in [5, 5.41) is 0. The largest absolute Gasteiger partial charge is 0.341 e. The highest BCUT2D eigenvalue weighted by Gasteiger charge is 2.63. The Bertz CT molecular complexity index is 1030. The number of hydrogen-bond acceptors (Lipinski definition) is 2. The number of nitrogens with zero attached hydrogens (tertiary/aromatic N) is 2. The Morgan fingerprint density at radius 3 is 2.21 bits per heavy atom. The van der Waals surface area contributed by atoms with E-state index in [2.05, 4.69) is 70.5 Å². The van der Waals surface area contributed by atoms with Crippen molar-refractivity contribution in [3.63, 3.8) is 0 Å². The molecule has 33 heavy (non-hydrogen) atoms. The molecular formula is C30H36N2O. The Morgan fingerprint density at radius 2 is 1.52 bits per heavy atom. The number of hydrogen-bond donors (Lipinski definition) is 0. The van der Waals surface area contributed by atoms with Gasteiger partial charge in [-0.15, -0.1) is 0 Å². The molecule has 0 N–H and O–H groups in total. The maximum Gasteiger partial charge on any atom is 0.228 e. The Hall–Kier alpha value is -2.13. The minimum absolute atomic E-state index is 0.0795. The molecule has 1 amide bonds. The minimum atomic E-state index is -0.0795. The number of likely N-dealkylation sites (tertiary alicyclic amines) is 2. The lowest BCUT2D eigenvalue weighted by Crippen LogP contribution is -2.66. The van der Waals surface area contributed by atoms with Gasteiger partial charge in [0.1, 0.15) is 0 Å². The molecule has 1 spiro atoms. The second kappa shape index (κ2) is 7.18. The van der Waals surface area contributed by atoms with Gasteiger partial charge >= 0.3 is 0 Å². The molecule has 2 atom stereocenters. The van der Waals surface area contributed by atoms with Crippen LogP contribution in [0.15, 0.2) is 60.7 Å². The smallest absolute Gasteiger partial charge is 0.228 e. The van der Waals surface area contributed by atoms with Crippen molar-refractivity contribution in [1.29, 1.82) is 0 Å². The summed E-state index contributed by atoms with van der Waals surface area (Å²) in [4.78, 5) is 19.0. The monoisotopic (exact) mass is 440 g/mol. The van der Waals surface area contributed by atoms with Crippen molar-refractivity contribution < 1.29 is 4.79 Å². The zero-order valence-corrected chi connectivity index (χ0v) is 19.7. The van der Waals surface area contributed by atoms with Crippen LogP contribution in [0.25, 0.3) is 0 Å². The summed E-state index contributed by atoms with van der Waals surface area (Å²) < 4.78 is 0. The molecular weight excluding hydrogens is 404 g/mol. The van der Waals surface area contributed by atoms with E-state index < -0.39 is 0 Å². The van der Waals surface area contributed by atoms with Gasteiger partial charge in [-0.3, -0.25) is 9.69 Å². The van der Waals surface area contributed by atoms with Gasteiger partial charge in [-0.25, -0.2) is 0 Å². The fourth-order valence-corrected chi connectivity index (χ4v) is 9.15. The summed E-state index contributed by atoms with van der Waals surface area (Å²) in [6, 6.07) is 22.0. The minimum Gasteiger partial charge on any atom is -0.341 e. The van der Waals surface area contributed by atoms with Gasteiger partial charge in [0.05, 0.1) is 5.41 Å². The van der Waals surface area contributed by atoms with Crippen LogP contribution in [0.1, 0.15) is 56.1 Å². The highest BCUT2D eigenvalue weighted by Crippen LogP contribution is 2.66. The third-order valence-electron chi connectivity index (χ3n) is 10.0. The van der Waals surface area contributed by atoms with Crippen LogP contribution >= 0.6 is 0 Å². The van der Waals surface area contributed by atoms with E-state index in [9.17, 15) is 4.79 Å². The quantitative estimate of drug-likeness (QED) is 0.648. The molecule has 8 rings (SSSR count). The first-order valence-electron chi connectivity index (χ1n) is 13.2. The predicted octanol–water partition coefficient (Wildman–Crippen LogP) is 5.26. The van der Waals surface area contributed by atoms with Crippen LogP contribution < -0.4 is 0 Å². The first kappa shape index (κ1) is 20.3. The molecule has 2 aliphatic heterocycles. The molecule has 6 aliphatic rings. The second-order valence-corrected chi connectivity index (χ2v) is 12.5. The standard InChI is InChI=1S/C30H36N2O/c33-27(32-21-28(22-32)11-12-31(20-28)18-23-7-3-1-4-8-23)30-16-24-13-25(17-30)15-29(14-24,19-30)26-9-5-2-6-10-26/h1-10,24-25H,11-22H2. The maximum absolute atomic E-state index is 14.1. The number of rotatable bonds is 4. The van der Waals surface area contributed by atoms with Crippen LogP contribution in [0.3, 0.4) is 0 Å². The van der Waals surface area contributed by atoms with Gasteiger partial charge in [0, 0.05) is 31.6 Å². The maximum atomic E-state index is 14.1. The molecule has 4 saturated carbocycles. The molecule has 0 radical (unpaired) electrons. The average molecular weight is 441 g/mol. The summed E-state index contributed by atoms with van der Waals surface area (Å²) >= 11 is 0. The van der Waals surface area contributed by atoms with Crippen LogP contribution in [0.4, 0.5) is 0 Å². The van der Waals surface area contributed by atoms with Crippen molar-refractivity contribution in [3.8, 4) is 0 Å². The van der Waals surface area contributed by atoms with E-state index in [1.807, 2.05) is 0 Å². The molecule has 2 saturated heterocycles. The van der Waals surface area contributed by atoms with Crippen molar-refractivity contribution in [1.82, 2.24) is 9.80 Å². The van der Waals surface area contributed by atoms with E-state index >= 15 is 0 Å². The lowest BCUT2D eigenvalue weighted by molar-refractivity contribution is -0.171. The highest BCUT2D eigenvalue weighted by atomic mass is 16.2. The van der Waals surface area contributed by atoms with Gasteiger partial charge in [-0.05, 0) is 79.9 Å². The normalized spacial score (nSPS) is 36.3. The van der Waals surface area contributed by atoms with E-state index in [1.165, 1.54) is 43.4 Å². The molecule has 4 aliphatic carbocycles. The second-order valence-electron chi connectivity index (χ2n) is 12.5. The zero-order valence-electron chi connectivity index (χ0n) is 19.7. The van der Waals surface area contributed by atoms with E-state index in [-0.39, 0.29) is 10.8 Å². The van der Waals surface area contributed by atoms with Gasteiger partial charge in [-0.1, -0.05) is 60.7 Å². The Kier molecular flexibility index (Phi) is 4.41. The number of benzene rings is 2. The van der Waals surface area contributed by atoms with Gasteiger partial charge in [-0.2, -0.15) is 0 Å². The van der Waals surface area contributed by atoms with Gasteiger partial charge in [0.2, 0.25) is 5.91 Å². The number of carbonyl (C=O) groups is 1. The van der Waals surface area contributed by atoms with Gasteiger partial charge in [0.15, 0.2) is 0 Å². The SMILES string of the molecule is O=C(N1CC2(CCN(Cc3ccccc3)C2)C1)C12CC3CC(C1)CC(c1ccccc1)(C3)C2. The lowest BCUT2D eigenvalue weighted by atomic mass is 9.42. The van der Waals surface area contributed by atoms with Crippen LogP contribution in [0.5, 0.6) is 0 Å². The molecule has 6 fully saturated rings. The molecule has 2 aromatic rings. The Labute approximate surface area is 198 Å². The van der Waals surface area contributed by atoms with Gasteiger partial charge in [0.25, 0.3) is 0 Å². The third-order valence-corrected chi connectivity index (χ3v) is 10.0. The van der Waals surface area contributed by atoms with E-state index in [0.717, 1.165) is 57.3 Å². The molecule has 2 unspecified atom stereocenters. The molecule has 4 bridgehead atoms. The summed E-state index contributed by atoms with van der Waals surface area (Å²) in [5.41, 5.74) is 3.43. The van der Waals surface area contributed by atoms with Crippen molar-refractivity contribution in [2.45, 2.75) is 56.9 Å². The van der Waals surface area contributed by atoms with Crippen molar-refractivity contribution in [3.05, 3.63) is 71.8 Å². The first-order chi connectivity index (χ1) is 16.1. The summed E-state index contributed by atoms with van der Waals surface area (Å²) in [5.74, 6) is 2.01. The molecule has 0 aromatic heterocycles. The van der Waals surface area contributed by atoms with E-state index in [0.29, 0.717) is 11.3 Å². The van der Waals surface area contributed by atoms with Crippen LogP contribution in [-0.2, 0) is 16.8 Å². The molecule has 2 heterocycles. The first-order valence-corrected chi connectivity index (χ1v) is 13.2. The van der Waals surface area contributed by atoms with Gasteiger partial charge < -0.3 is 4.90 Å². The van der Waals surface area contributed by atoms with Crippen molar-refractivity contribution in [2.75, 3.05) is 26.2 Å². The van der Waals surface area contributed by atoms with E-state index in [4.69, 9.17) is 0 Å². The van der Waals surface area contributed by atoms with Crippen LogP contribution in [0, 0.1) is 22.7 Å². The molecule has 3 nitrogen and oxygen atoms in total. The summed E-state index contributed by atoms with van der Waals surface area (Å²) in [7, 11) is 0. The van der Waals surface area contributed by atoms with Crippen molar-refractivity contribution >= 4 is 5.91 Å². The average Bonchev–Trinajstić information content (AvgIpc) is 3.22. The molecule has 2 aromatic carbocycles. The van der Waals surface area contributed by atoms with Crippen molar-refractivity contribution in [2.24, 2.45) is 22.7 Å². The summed E-state index contributed by atoms with van der Waals surface area (Å²) in [6.07, 6.45) is 8.63. The zero-order chi connectivity index (χ0) is 22.1. The number of carbonyl (C=O) groups excluding carboxylic acids is 1. The topological polar surface area (TPSA) is 23.6 Å². The molecule has 172 valence electrons. The predicted molar refractivity (Wildman–Crippen MR) is 131 cm³/mol. The third kappa shape index (κ3) is 3.22. The van der Waals surface area contributed by atoms with E-state index in [1.54, 1.807) is 0 Å². The number of amides is 1. The molecule has 3 heteroatoms. The fraction of sp³-hybridized carbons (Fsp3) is 0.567. The summed E-state index contributed by atoms with van der Waals surface area (Å²) in [6.45, 7) is 5.35. The highest BCUT2D eigenvalue weighted by molar-refractivity contribution is 5.84. The lowest BCUT2D eigenvalue weighted by Gasteiger charge is -2.63. The van der Waals surface area contributed by atoms with Crippen LogP contribution in [0.2, 0.25) is 0 Å². The fourth-order valence-electron chi connectivity index (χ4n) is 9.15.